The van der Waals surface area contributed by atoms with Crippen LogP contribution in [0.4, 0.5) is 0 Å². The lowest BCUT2D eigenvalue weighted by Gasteiger charge is -2.24. The van der Waals surface area contributed by atoms with E-state index in [1.807, 2.05) is 38.1 Å². The predicted octanol–water partition coefficient (Wildman–Crippen LogP) is 3.90. The standard InChI is InChI=1S/C15H21NO2/c1-11(2)16(9-14-7-5-12(3)17-14)10-15-8-6-13(4)18-15/h5-8,11H,9-10H2,1-4H3. The summed E-state index contributed by atoms with van der Waals surface area (Å²) >= 11 is 0. The van der Waals surface area contributed by atoms with Crippen LogP contribution >= 0.6 is 0 Å². The maximum atomic E-state index is 5.63. The molecule has 0 amide bonds. The third-order valence-electron chi connectivity index (χ3n) is 3.04. The van der Waals surface area contributed by atoms with Crippen molar-refractivity contribution in [2.75, 3.05) is 0 Å². The lowest BCUT2D eigenvalue weighted by molar-refractivity contribution is 0.172. The van der Waals surface area contributed by atoms with Gasteiger partial charge in [-0.2, -0.15) is 0 Å². The first kappa shape index (κ1) is 13.0. The van der Waals surface area contributed by atoms with Crippen LogP contribution in [0.25, 0.3) is 0 Å². The molecule has 0 saturated carbocycles. The van der Waals surface area contributed by atoms with E-state index in [4.69, 9.17) is 8.83 Å². The molecule has 0 saturated heterocycles. The van der Waals surface area contributed by atoms with E-state index in [0.29, 0.717) is 6.04 Å². The van der Waals surface area contributed by atoms with Gasteiger partial charge in [0.05, 0.1) is 13.1 Å². The van der Waals surface area contributed by atoms with Crippen LogP contribution in [0.1, 0.15) is 36.9 Å². The smallest absolute Gasteiger partial charge is 0.118 e. The lowest BCUT2D eigenvalue weighted by Crippen LogP contribution is -2.29. The fraction of sp³-hybridized carbons (Fsp3) is 0.467. The van der Waals surface area contributed by atoms with Crippen LogP contribution in [0.15, 0.2) is 33.1 Å². The molecular weight excluding hydrogens is 226 g/mol. The van der Waals surface area contributed by atoms with Gasteiger partial charge in [0.25, 0.3) is 0 Å². The Morgan fingerprint density at radius 1 is 0.889 bits per heavy atom. The van der Waals surface area contributed by atoms with Gasteiger partial charge in [-0.25, -0.2) is 0 Å². The molecule has 0 radical (unpaired) electrons. The largest absolute Gasteiger partial charge is 0.465 e. The Kier molecular flexibility index (Phi) is 3.92. The average Bonchev–Trinajstić information content (AvgIpc) is 2.87. The van der Waals surface area contributed by atoms with E-state index in [1.54, 1.807) is 0 Å². The van der Waals surface area contributed by atoms with Crippen molar-refractivity contribution < 1.29 is 8.83 Å². The second-order valence-corrected chi connectivity index (χ2v) is 5.02. The highest BCUT2D eigenvalue weighted by Gasteiger charge is 2.14. The number of aryl methyl sites for hydroxylation is 2. The van der Waals surface area contributed by atoms with E-state index in [2.05, 4.69) is 18.7 Å². The summed E-state index contributed by atoms with van der Waals surface area (Å²) in [5.74, 6) is 3.93. The van der Waals surface area contributed by atoms with Gasteiger partial charge in [-0.05, 0) is 52.0 Å². The molecule has 2 aromatic rings. The van der Waals surface area contributed by atoms with Gasteiger partial charge >= 0.3 is 0 Å². The van der Waals surface area contributed by atoms with Crippen molar-refractivity contribution in [2.45, 2.75) is 46.8 Å². The second-order valence-electron chi connectivity index (χ2n) is 5.02. The van der Waals surface area contributed by atoms with Crippen LogP contribution in [0.3, 0.4) is 0 Å². The third kappa shape index (κ3) is 3.26. The van der Waals surface area contributed by atoms with Crippen molar-refractivity contribution in [3.8, 4) is 0 Å². The summed E-state index contributed by atoms with van der Waals surface area (Å²) in [6.45, 7) is 9.94. The van der Waals surface area contributed by atoms with Crippen molar-refractivity contribution >= 4 is 0 Å². The van der Waals surface area contributed by atoms with Gasteiger partial charge in [0.2, 0.25) is 0 Å². The first-order valence-electron chi connectivity index (χ1n) is 6.39. The first-order chi connectivity index (χ1) is 8.54. The molecule has 0 aliphatic rings. The van der Waals surface area contributed by atoms with Crippen molar-refractivity contribution in [2.24, 2.45) is 0 Å². The third-order valence-corrected chi connectivity index (χ3v) is 3.04. The molecule has 3 nitrogen and oxygen atoms in total. The van der Waals surface area contributed by atoms with Crippen molar-refractivity contribution in [1.29, 1.82) is 0 Å². The second kappa shape index (κ2) is 5.44. The highest BCUT2D eigenvalue weighted by Crippen LogP contribution is 2.16. The molecule has 0 aromatic carbocycles. The van der Waals surface area contributed by atoms with E-state index in [-0.39, 0.29) is 0 Å². The monoisotopic (exact) mass is 247 g/mol. The van der Waals surface area contributed by atoms with E-state index >= 15 is 0 Å². The Labute approximate surface area is 108 Å². The van der Waals surface area contributed by atoms with Gasteiger partial charge < -0.3 is 8.83 Å². The van der Waals surface area contributed by atoms with E-state index in [9.17, 15) is 0 Å². The molecule has 2 heterocycles. The minimum atomic E-state index is 0.445. The van der Waals surface area contributed by atoms with Gasteiger partial charge in [0.15, 0.2) is 0 Å². The number of nitrogens with zero attached hydrogens (tertiary/aromatic N) is 1. The Bertz CT molecular complexity index is 454. The molecule has 0 aliphatic heterocycles. The number of hydrogen-bond donors (Lipinski definition) is 0. The Morgan fingerprint density at radius 3 is 1.61 bits per heavy atom. The molecule has 3 heteroatoms. The van der Waals surface area contributed by atoms with E-state index in [0.717, 1.165) is 36.1 Å². The van der Waals surface area contributed by atoms with Crippen LogP contribution in [0.2, 0.25) is 0 Å². The molecule has 0 unspecified atom stereocenters. The lowest BCUT2D eigenvalue weighted by atomic mass is 10.2. The summed E-state index contributed by atoms with van der Waals surface area (Å²) in [6, 6.07) is 8.53. The predicted molar refractivity (Wildman–Crippen MR) is 71.3 cm³/mol. The minimum Gasteiger partial charge on any atom is -0.465 e. The molecule has 0 aliphatic carbocycles. The fourth-order valence-corrected chi connectivity index (χ4v) is 1.96. The van der Waals surface area contributed by atoms with Crippen LogP contribution in [-0.4, -0.2) is 10.9 Å². The average molecular weight is 247 g/mol. The van der Waals surface area contributed by atoms with E-state index in [1.165, 1.54) is 0 Å². The molecule has 18 heavy (non-hydrogen) atoms. The van der Waals surface area contributed by atoms with Gasteiger partial charge in [-0.1, -0.05) is 0 Å². The van der Waals surface area contributed by atoms with Crippen molar-refractivity contribution in [1.82, 2.24) is 4.90 Å². The maximum Gasteiger partial charge on any atom is 0.118 e. The molecular formula is C15H21NO2. The summed E-state index contributed by atoms with van der Waals surface area (Å²) in [6.07, 6.45) is 0. The molecule has 2 rings (SSSR count). The zero-order valence-corrected chi connectivity index (χ0v) is 11.6. The van der Waals surface area contributed by atoms with Gasteiger partial charge in [-0.3, -0.25) is 4.90 Å². The fourth-order valence-electron chi connectivity index (χ4n) is 1.96. The highest BCUT2D eigenvalue weighted by molar-refractivity contribution is 5.08. The normalized spacial score (nSPS) is 11.7. The van der Waals surface area contributed by atoms with Crippen molar-refractivity contribution in [3.63, 3.8) is 0 Å². The summed E-state index contributed by atoms with van der Waals surface area (Å²) in [5, 5.41) is 0. The van der Waals surface area contributed by atoms with Gasteiger partial charge in [0.1, 0.15) is 23.0 Å². The Hall–Kier alpha value is -1.48. The summed E-state index contributed by atoms with van der Waals surface area (Å²) in [5.41, 5.74) is 0. The minimum absolute atomic E-state index is 0.445. The van der Waals surface area contributed by atoms with E-state index < -0.39 is 0 Å². The SMILES string of the molecule is Cc1ccc(CN(Cc2ccc(C)o2)C(C)C)o1. The Morgan fingerprint density at radius 2 is 1.33 bits per heavy atom. The Balaban J connectivity index is 2.04. The summed E-state index contributed by atoms with van der Waals surface area (Å²) in [7, 11) is 0. The zero-order chi connectivity index (χ0) is 13.1. The number of rotatable bonds is 5. The number of furan rings is 2. The zero-order valence-electron chi connectivity index (χ0n) is 11.6. The maximum absolute atomic E-state index is 5.63. The highest BCUT2D eigenvalue weighted by atomic mass is 16.3. The first-order valence-corrected chi connectivity index (χ1v) is 6.39. The van der Waals surface area contributed by atoms with Gasteiger partial charge in [-0.15, -0.1) is 0 Å². The molecule has 0 spiro atoms. The summed E-state index contributed by atoms with van der Waals surface area (Å²) in [4.78, 5) is 2.33. The quantitative estimate of drug-likeness (QED) is 0.802. The molecule has 0 bridgehead atoms. The topological polar surface area (TPSA) is 29.5 Å². The van der Waals surface area contributed by atoms with Crippen LogP contribution in [0, 0.1) is 13.8 Å². The van der Waals surface area contributed by atoms with Crippen molar-refractivity contribution in [3.05, 3.63) is 47.3 Å². The van der Waals surface area contributed by atoms with Crippen LogP contribution < -0.4 is 0 Å². The number of hydrogen-bond acceptors (Lipinski definition) is 3. The molecule has 0 fully saturated rings. The summed E-state index contributed by atoms with van der Waals surface area (Å²) < 4.78 is 11.3. The van der Waals surface area contributed by atoms with Crippen LogP contribution in [0.5, 0.6) is 0 Å². The molecule has 2 aromatic heterocycles. The van der Waals surface area contributed by atoms with Crippen LogP contribution in [-0.2, 0) is 13.1 Å². The molecule has 0 N–H and O–H groups in total. The molecule has 0 atom stereocenters. The van der Waals surface area contributed by atoms with Gasteiger partial charge in [0, 0.05) is 6.04 Å². The molecule has 98 valence electrons.